The normalized spacial score (nSPS) is 21.8. The molecule has 1 heterocycles. The van der Waals surface area contributed by atoms with E-state index < -0.39 is 23.8 Å². The molecule has 7 nitrogen and oxygen atoms in total. The Hall–Kier alpha value is -2.28. The number of hydrazine groups is 1. The molecule has 0 saturated carbocycles. The Labute approximate surface area is 116 Å². The first-order valence-electron chi connectivity index (χ1n) is 6.28. The molecule has 1 aromatic rings. The van der Waals surface area contributed by atoms with Gasteiger partial charge in [0.05, 0.1) is 18.9 Å². The first kappa shape index (κ1) is 14.1. The first-order chi connectivity index (χ1) is 9.63. The van der Waals surface area contributed by atoms with Crippen LogP contribution in [-0.2, 0) is 9.59 Å². The molecule has 0 radical (unpaired) electrons. The summed E-state index contributed by atoms with van der Waals surface area (Å²) in [6.45, 7) is 0.379. The van der Waals surface area contributed by atoms with Crippen LogP contribution in [0.25, 0.3) is 0 Å². The molecule has 1 aliphatic heterocycles. The van der Waals surface area contributed by atoms with Crippen molar-refractivity contribution in [3.63, 3.8) is 0 Å². The maximum atomic E-state index is 12.0. The van der Waals surface area contributed by atoms with Gasteiger partial charge in [0.15, 0.2) is 0 Å². The van der Waals surface area contributed by atoms with Gasteiger partial charge in [-0.3, -0.25) is 20.4 Å². The quantitative estimate of drug-likeness (QED) is 0.445. The number of anilines is 1. The first-order valence-corrected chi connectivity index (χ1v) is 6.28. The molecule has 2 unspecified atom stereocenters. The molecule has 0 spiro atoms. The number of hydrogen-bond donors (Lipinski definition) is 4. The fourth-order valence-electron chi connectivity index (χ4n) is 2.04. The Morgan fingerprint density at radius 3 is 2.90 bits per heavy atom. The Balaban J connectivity index is 1.99. The Morgan fingerprint density at radius 2 is 2.20 bits per heavy atom. The number of benzene rings is 1. The van der Waals surface area contributed by atoms with Gasteiger partial charge in [0.25, 0.3) is 5.91 Å². The molecule has 1 saturated heterocycles. The maximum Gasteiger partial charge on any atom is 0.253 e. The summed E-state index contributed by atoms with van der Waals surface area (Å²) in [6, 6.07) is 7.02. The van der Waals surface area contributed by atoms with Gasteiger partial charge in [-0.1, -0.05) is 12.1 Å². The second-order valence-electron chi connectivity index (χ2n) is 4.44. The van der Waals surface area contributed by atoms with Gasteiger partial charge < -0.3 is 15.2 Å². The van der Waals surface area contributed by atoms with Crippen molar-refractivity contribution in [1.29, 1.82) is 0 Å². The smallest absolute Gasteiger partial charge is 0.253 e. The van der Waals surface area contributed by atoms with Crippen molar-refractivity contribution >= 4 is 17.5 Å². The molecule has 1 aliphatic rings. The predicted octanol–water partition coefficient (Wildman–Crippen LogP) is -0.365. The summed E-state index contributed by atoms with van der Waals surface area (Å²) in [5.74, 6) is -1.60. The van der Waals surface area contributed by atoms with Gasteiger partial charge in [0.2, 0.25) is 5.91 Å². The molecular formula is C13H17N3O4. The van der Waals surface area contributed by atoms with E-state index in [0.717, 1.165) is 0 Å². The van der Waals surface area contributed by atoms with E-state index in [0.29, 0.717) is 24.4 Å². The summed E-state index contributed by atoms with van der Waals surface area (Å²) in [4.78, 5) is 23.6. The number of carbonyl (C=O) groups is 2. The van der Waals surface area contributed by atoms with E-state index in [9.17, 15) is 14.7 Å². The molecule has 2 atom stereocenters. The SMILES string of the molecule is COc1ccccc1NNC(=O)C1C(=O)NCCC1O. The molecule has 0 aliphatic carbocycles. The van der Waals surface area contributed by atoms with Gasteiger partial charge >= 0.3 is 0 Å². The summed E-state index contributed by atoms with van der Waals surface area (Å²) in [5, 5.41) is 12.3. The van der Waals surface area contributed by atoms with Gasteiger partial charge in [-0.05, 0) is 18.6 Å². The fraction of sp³-hybridized carbons (Fsp3) is 0.385. The number of hydrogen-bond acceptors (Lipinski definition) is 5. The zero-order valence-electron chi connectivity index (χ0n) is 11.1. The van der Waals surface area contributed by atoms with Gasteiger partial charge in [-0.2, -0.15) is 0 Å². The molecule has 20 heavy (non-hydrogen) atoms. The van der Waals surface area contributed by atoms with Crippen molar-refractivity contribution in [1.82, 2.24) is 10.7 Å². The lowest BCUT2D eigenvalue weighted by Crippen LogP contribution is -2.52. The highest BCUT2D eigenvalue weighted by molar-refractivity contribution is 6.01. The lowest BCUT2D eigenvalue weighted by Gasteiger charge is -2.26. The summed E-state index contributed by atoms with van der Waals surface area (Å²) >= 11 is 0. The zero-order chi connectivity index (χ0) is 14.5. The minimum atomic E-state index is -1.11. The molecule has 4 N–H and O–H groups in total. The number of ether oxygens (including phenoxy) is 1. The van der Waals surface area contributed by atoms with Crippen molar-refractivity contribution in [3.8, 4) is 5.75 Å². The van der Waals surface area contributed by atoms with Crippen molar-refractivity contribution in [2.45, 2.75) is 12.5 Å². The van der Waals surface area contributed by atoms with Crippen LogP contribution in [0.4, 0.5) is 5.69 Å². The van der Waals surface area contributed by atoms with Crippen molar-refractivity contribution < 1.29 is 19.4 Å². The van der Waals surface area contributed by atoms with E-state index in [2.05, 4.69) is 16.2 Å². The van der Waals surface area contributed by atoms with Crippen molar-refractivity contribution in [3.05, 3.63) is 24.3 Å². The predicted molar refractivity (Wildman–Crippen MR) is 71.9 cm³/mol. The van der Waals surface area contributed by atoms with E-state index in [1.54, 1.807) is 24.3 Å². The number of piperidine rings is 1. The van der Waals surface area contributed by atoms with E-state index in [1.165, 1.54) is 7.11 Å². The summed E-state index contributed by atoms with van der Waals surface area (Å²) < 4.78 is 5.12. The molecule has 2 rings (SSSR count). The van der Waals surface area contributed by atoms with Crippen LogP contribution in [0.1, 0.15) is 6.42 Å². The van der Waals surface area contributed by atoms with Crippen LogP contribution in [0.5, 0.6) is 5.75 Å². The van der Waals surface area contributed by atoms with Crippen LogP contribution in [0, 0.1) is 5.92 Å². The van der Waals surface area contributed by atoms with Crippen LogP contribution in [0.15, 0.2) is 24.3 Å². The van der Waals surface area contributed by atoms with Gasteiger partial charge in [0.1, 0.15) is 11.7 Å². The highest BCUT2D eigenvalue weighted by Crippen LogP contribution is 2.22. The Kier molecular flexibility index (Phi) is 4.41. The minimum Gasteiger partial charge on any atom is -0.495 e. The van der Waals surface area contributed by atoms with E-state index in [-0.39, 0.29) is 0 Å². The van der Waals surface area contributed by atoms with E-state index >= 15 is 0 Å². The molecule has 1 fully saturated rings. The van der Waals surface area contributed by atoms with Crippen molar-refractivity contribution in [2.24, 2.45) is 5.92 Å². The second kappa shape index (κ2) is 6.25. The lowest BCUT2D eigenvalue weighted by atomic mass is 9.95. The number of nitrogens with one attached hydrogen (secondary N) is 3. The zero-order valence-corrected chi connectivity index (χ0v) is 11.1. The third-order valence-corrected chi connectivity index (χ3v) is 3.12. The summed E-state index contributed by atoms with van der Waals surface area (Å²) in [6.07, 6.45) is -0.610. The third kappa shape index (κ3) is 3.00. The molecule has 7 heteroatoms. The maximum absolute atomic E-state index is 12.0. The van der Waals surface area contributed by atoms with Crippen LogP contribution < -0.4 is 20.9 Å². The van der Waals surface area contributed by atoms with Crippen LogP contribution >= 0.6 is 0 Å². The topological polar surface area (TPSA) is 99.7 Å². The van der Waals surface area contributed by atoms with Crippen LogP contribution in [-0.4, -0.2) is 36.7 Å². The Morgan fingerprint density at radius 1 is 1.45 bits per heavy atom. The molecular weight excluding hydrogens is 262 g/mol. The number of aliphatic hydroxyl groups excluding tert-OH is 1. The number of rotatable bonds is 4. The third-order valence-electron chi connectivity index (χ3n) is 3.12. The van der Waals surface area contributed by atoms with Gasteiger partial charge in [-0.15, -0.1) is 0 Å². The van der Waals surface area contributed by atoms with Gasteiger partial charge in [0, 0.05) is 6.54 Å². The Bertz CT molecular complexity index is 506. The number of aliphatic hydroxyl groups is 1. The number of methoxy groups -OCH3 is 1. The van der Waals surface area contributed by atoms with Crippen LogP contribution in [0.2, 0.25) is 0 Å². The standard InChI is InChI=1S/C13H17N3O4/c1-20-10-5-3-2-4-8(10)15-16-13(19)11-9(17)6-7-14-12(11)18/h2-5,9,11,15,17H,6-7H2,1H3,(H,14,18)(H,16,19). The molecule has 0 bridgehead atoms. The van der Waals surface area contributed by atoms with Gasteiger partial charge in [-0.25, -0.2) is 0 Å². The molecule has 108 valence electrons. The molecule has 0 aromatic heterocycles. The fourth-order valence-corrected chi connectivity index (χ4v) is 2.04. The highest BCUT2D eigenvalue weighted by atomic mass is 16.5. The van der Waals surface area contributed by atoms with E-state index in [4.69, 9.17) is 4.74 Å². The minimum absolute atomic E-state index is 0.360. The molecule has 1 aromatic carbocycles. The summed E-state index contributed by atoms with van der Waals surface area (Å²) in [5.41, 5.74) is 5.67. The largest absolute Gasteiger partial charge is 0.495 e. The number of amides is 2. The average molecular weight is 279 g/mol. The highest BCUT2D eigenvalue weighted by Gasteiger charge is 2.36. The average Bonchev–Trinajstić information content (AvgIpc) is 2.45. The number of para-hydroxylation sites is 2. The van der Waals surface area contributed by atoms with E-state index in [1.807, 2.05) is 0 Å². The lowest BCUT2D eigenvalue weighted by molar-refractivity contribution is -0.142. The summed E-state index contributed by atoms with van der Waals surface area (Å²) in [7, 11) is 1.51. The molecule has 2 amide bonds. The van der Waals surface area contributed by atoms with Crippen molar-refractivity contribution in [2.75, 3.05) is 19.1 Å². The second-order valence-corrected chi connectivity index (χ2v) is 4.44. The van der Waals surface area contributed by atoms with Crippen LogP contribution in [0.3, 0.4) is 0 Å². The monoisotopic (exact) mass is 279 g/mol. The number of carbonyl (C=O) groups excluding carboxylic acids is 2.